The first-order chi connectivity index (χ1) is 35.0. The number of hydrogen-bond donors (Lipinski definition) is 0. The second-order valence-corrected chi connectivity index (χ2v) is 20.2. The molecule has 0 N–H and O–H groups in total. The Morgan fingerprint density at radius 2 is 0.750 bits per heavy atom. The summed E-state index contributed by atoms with van der Waals surface area (Å²) in [6, 6.07) is 0. The van der Waals surface area contributed by atoms with Gasteiger partial charge in [-0.1, -0.05) is 198 Å². The molecule has 0 aliphatic carbocycles. The van der Waals surface area contributed by atoms with E-state index in [0.717, 1.165) is 122 Å². The largest absolute Gasteiger partial charge is 0.756 e. The van der Waals surface area contributed by atoms with Crippen LogP contribution in [0.5, 0.6) is 0 Å². The molecule has 406 valence electrons. The fraction of sp³-hybridized carbons (Fsp3) is 0.581. The van der Waals surface area contributed by atoms with Crippen molar-refractivity contribution in [1.82, 2.24) is 0 Å². The smallest absolute Gasteiger partial charge is 0.306 e. The van der Waals surface area contributed by atoms with Crippen LogP contribution in [-0.2, 0) is 32.7 Å². The predicted octanol–water partition coefficient (Wildman–Crippen LogP) is 16.5. The van der Waals surface area contributed by atoms with E-state index in [1.54, 1.807) is 0 Å². The lowest BCUT2D eigenvalue weighted by Crippen LogP contribution is -2.37. The van der Waals surface area contributed by atoms with Gasteiger partial charge in [0.05, 0.1) is 27.7 Å². The van der Waals surface area contributed by atoms with E-state index >= 15 is 0 Å². The van der Waals surface area contributed by atoms with Crippen molar-refractivity contribution in [2.24, 2.45) is 0 Å². The van der Waals surface area contributed by atoms with Crippen molar-refractivity contribution < 1.29 is 42.1 Å². The maximum absolute atomic E-state index is 12.8. The average molecular weight is 1020 g/mol. The van der Waals surface area contributed by atoms with Gasteiger partial charge in [0.1, 0.15) is 19.8 Å². The Bertz CT molecular complexity index is 1720. The Morgan fingerprint density at radius 3 is 1.12 bits per heavy atom. The zero-order valence-electron chi connectivity index (χ0n) is 45.8. The van der Waals surface area contributed by atoms with Gasteiger partial charge in [-0.05, 0) is 116 Å². The van der Waals surface area contributed by atoms with Crippen LogP contribution >= 0.6 is 7.82 Å². The van der Waals surface area contributed by atoms with E-state index in [1.165, 1.54) is 19.3 Å². The summed E-state index contributed by atoms with van der Waals surface area (Å²) in [6.45, 7) is 3.93. The Hall–Kier alpha value is -4.11. The molecule has 0 aliphatic heterocycles. The SMILES string of the molecule is CC/C=C\C/C=C\C/C=C\C/C=C\C/C=C\C/C=C\C/C=C\CCCCCC(=O)OC(COC(=O)CCCCCCCCC/C=C\C/C=C\C/C=C\C/C=C\C/C=C\CC)COP(=O)([O-])OCC[N+](C)(C)C. The Labute approximate surface area is 440 Å². The second-order valence-electron chi connectivity index (χ2n) is 18.8. The van der Waals surface area contributed by atoms with Crippen LogP contribution in [0.3, 0.4) is 0 Å². The lowest BCUT2D eigenvalue weighted by molar-refractivity contribution is -0.870. The molecule has 2 unspecified atom stereocenters. The van der Waals surface area contributed by atoms with Gasteiger partial charge in [-0.25, -0.2) is 0 Å². The normalized spacial score (nSPS) is 14.5. The van der Waals surface area contributed by atoms with Crippen molar-refractivity contribution >= 4 is 19.8 Å². The molecule has 0 saturated carbocycles. The second kappa shape index (κ2) is 51.8. The van der Waals surface area contributed by atoms with Crippen molar-refractivity contribution in [3.8, 4) is 0 Å². The third kappa shape index (κ3) is 55.2. The lowest BCUT2D eigenvalue weighted by atomic mass is 10.1. The highest BCUT2D eigenvalue weighted by molar-refractivity contribution is 7.45. The summed E-state index contributed by atoms with van der Waals surface area (Å²) in [5.41, 5.74) is 0. The average Bonchev–Trinajstić information content (AvgIpc) is 3.34. The topological polar surface area (TPSA) is 111 Å². The zero-order chi connectivity index (χ0) is 52.7. The zero-order valence-corrected chi connectivity index (χ0v) is 46.7. The molecule has 2 atom stereocenters. The number of quaternary nitrogens is 1. The first-order valence-electron chi connectivity index (χ1n) is 27.5. The van der Waals surface area contributed by atoms with E-state index in [2.05, 4.69) is 160 Å². The van der Waals surface area contributed by atoms with Gasteiger partial charge in [-0.3, -0.25) is 14.2 Å². The number of hydrogen-bond acceptors (Lipinski definition) is 8. The number of rotatable bonds is 48. The number of esters is 2. The van der Waals surface area contributed by atoms with Gasteiger partial charge < -0.3 is 27.9 Å². The molecular weight excluding hydrogens is 918 g/mol. The molecular formula is C62H100NO8P. The minimum Gasteiger partial charge on any atom is -0.756 e. The third-order valence-electron chi connectivity index (χ3n) is 10.9. The van der Waals surface area contributed by atoms with Gasteiger partial charge in [-0.2, -0.15) is 0 Å². The van der Waals surface area contributed by atoms with Crippen LogP contribution in [0, 0.1) is 0 Å². The molecule has 0 bridgehead atoms. The van der Waals surface area contributed by atoms with Crippen molar-refractivity contribution in [3.63, 3.8) is 0 Å². The van der Waals surface area contributed by atoms with Crippen molar-refractivity contribution in [3.05, 3.63) is 146 Å². The molecule has 9 nitrogen and oxygen atoms in total. The van der Waals surface area contributed by atoms with Crippen molar-refractivity contribution in [2.45, 2.75) is 187 Å². The van der Waals surface area contributed by atoms with Gasteiger partial charge in [0.15, 0.2) is 6.10 Å². The molecule has 0 saturated heterocycles. The summed E-state index contributed by atoms with van der Waals surface area (Å²) in [5, 5.41) is 0. The molecule has 0 spiro atoms. The van der Waals surface area contributed by atoms with Gasteiger partial charge in [0.2, 0.25) is 0 Å². The van der Waals surface area contributed by atoms with E-state index in [4.69, 9.17) is 18.5 Å². The molecule has 0 aromatic heterocycles. The van der Waals surface area contributed by atoms with E-state index in [9.17, 15) is 19.0 Å². The molecule has 0 fully saturated rings. The van der Waals surface area contributed by atoms with Gasteiger partial charge in [0.25, 0.3) is 7.82 Å². The first-order valence-corrected chi connectivity index (χ1v) is 29.0. The molecule has 0 radical (unpaired) electrons. The molecule has 0 rings (SSSR count). The number of phosphoric acid groups is 1. The molecule has 0 heterocycles. The highest BCUT2D eigenvalue weighted by atomic mass is 31.2. The number of ether oxygens (including phenoxy) is 2. The van der Waals surface area contributed by atoms with Crippen LogP contribution in [0.15, 0.2) is 146 Å². The molecule has 0 aromatic carbocycles. The number of phosphoric ester groups is 1. The lowest BCUT2D eigenvalue weighted by Gasteiger charge is -2.28. The van der Waals surface area contributed by atoms with Crippen LogP contribution in [0.4, 0.5) is 0 Å². The predicted molar refractivity (Wildman–Crippen MR) is 304 cm³/mol. The monoisotopic (exact) mass is 1020 g/mol. The maximum atomic E-state index is 12.8. The molecule has 0 aromatic rings. The summed E-state index contributed by atoms with van der Waals surface area (Å²) in [5.74, 6) is -0.899. The van der Waals surface area contributed by atoms with Crippen LogP contribution in [0.25, 0.3) is 0 Å². The fourth-order valence-electron chi connectivity index (χ4n) is 6.66. The summed E-state index contributed by atoms with van der Waals surface area (Å²) in [6.07, 6.45) is 75.9. The number of allylic oxidation sites excluding steroid dienone is 24. The Balaban J connectivity index is 4.36. The molecule has 0 amide bonds. The Kier molecular flexibility index (Phi) is 48.8. The highest BCUT2D eigenvalue weighted by Gasteiger charge is 2.21. The number of carbonyl (C=O) groups is 2. The molecule has 0 aliphatic rings. The third-order valence-corrected chi connectivity index (χ3v) is 11.8. The van der Waals surface area contributed by atoms with Crippen molar-refractivity contribution in [1.29, 1.82) is 0 Å². The van der Waals surface area contributed by atoms with E-state index in [1.807, 2.05) is 21.1 Å². The minimum atomic E-state index is -4.66. The van der Waals surface area contributed by atoms with Crippen LogP contribution in [0.2, 0.25) is 0 Å². The van der Waals surface area contributed by atoms with E-state index < -0.39 is 32.5 Å². The first kappa shape index (κ1) is 67.9. The van der Waals surface area contributed by atoms with Crippen LogP contribution in [-0.4, -0.2) is 70.0 Å². The summed E-state index contributed by atoms with van der Waals surface area (Å²) in [4.78, 5) is 37.8. The standard InChI is InChI=1S/C62H100NO8P/c1-6-8-10-12-14-16-18-20-22-24-26-28-30-31-33-35-37-39-41-43-45-47-49-51-53-55-62(65)71-60(59-70-72(66,67)69-57-56-63(3,4)5)58-68-61(64)54-52-50-48-46-44-42-40-38-36-34-32-29-27-25-23-21-19-17-15-13-11-9-7-2/h8-11,14-17,20-23,26-29,31,33-34,36-37,39,43,45,60H,6-7,12-13,18-19,24-25,30,32,35,38,40-42,44,46-59H2,1-5H3/b10-8-,11-9-,16-14-,17-15-,22-20-,23-21-,28-26-,29-27-,33-31-,36-34-,39-37-,45-43-. The summed E-state index contributed by atoms with van der Waals surface area (Å²) in [7, 11) is 1.11. The number of nitrogens with zero attached hydrogens (tertiary/aromatic N) is 1. The van der Waals surface area contributed by atoms with E-state index in [0.29, 0.717) is 23.9 Å². The number of carbonyl (C=O) groups excluding carboxylic acids is 2. The van der Waals surface area contributed by atoms with E-state index in [-0.39, 0.29) is 26.1 Å². The highest BCUT2D eigenvalue weighted by Crippen LogP contribution is 2.38. The quantitative estimate of drug-likeness (QED) is 0.0195. The van der Waals surface area contributed by atoms with Gasteiger partial charge in [-0.15, -0.1) is 0 Å². The molecule has 10 heteroatoms. The van der Waals surface area contributed by atoms with Crippen LogP contribution in [0.1, 0.15) is 181 Å². The number of likely N-dealkylation sites (N-methyl/N-ethyl adjacent to an activating group) is 1. The fourth-order valence-corrected chi connectivity index (χ4v) is 7.39. The number of unbranched alkanes of at least 4 members (excludes halogenated alkanes) is 10. The van der Waals surface area contributed by atoms with Gasteiger partial charge in [0, 0.05) is 12.8 Å². The summed E-state index contributed by atoms with van der Waals surface area (Å²) >= 11 is 0. The Morgan fingerprint density at radius 1 is 0.431 bits per heavy atom. The van der Waals surface area contributed by atoms with Crippen LogP contribution < -0.4 is 4.89 Å². The summed E-state index contributed by atoms with van der Waals surface area (Å²) < 4.78 is 34.1. The maximum Gasteiger partial charge on any atom is 0.306 e. The van der Waals surface area contributed by atoms with Crippen molar-refractivity contribution in [2.75, 3.05) is 47.5 Å². The minimum absolute atomic E-state index is 0.0491. The van der Waals surface area contributed by atoms with Gasteiger partial charge >= 0.3 is 11.9 Å². The molecule has 72 heavy (non-hydrogen) atoms.